The first-order valence-corrected chi connectivity index (χ1v) is 12.6. The second-order valence-corrected chi connectivity index (χ2v) is 9.47. The van der Waals surface area contributed by atoms with E-state index in [4.69, 9.17) is 4.74 Å². The van der Waals surface area contributed by atoms with E-state index in [1.165, 1.54) is 11.1 Å². The van der Waals surface area contributed by atoms with Gasteiger partial charge in [-0.2, -0.15) is 0 Å². The number of nitrogens with one attached hydrogen (secondary N) is 1. The predicted octanol–water partition coefficient (Wildman–Crippen LogP) is 4.80. The molecule has 0 radical (unpaired) electrons. The third kappa shape index (κ3) is 5.66. The van der Waals surface area contributed by atoms with E-state index in [1.807, 2.05) is 31.2 Å². The molecule has 0 bridgehead atoms. The van der Waals surface area contributed by atoms with E-state index in [2.05, 4.69) is 29.6 Å². The molecule has 2 aliphatic rings. The van der Waals surface area contributed by atoms with Crippen LogP contribution in [0.2, 0.25) is 0 Å². The van der Waals surface area contributed by atoms with Crippen molar-refractivity contribution in [2.24, 2.45) is 5.92 Å². The third-order valence-electron chi connectivity index (χ3n) is 7.14. The largest absolute Gasteiger partial charge is 0.481 e. The van der Waals surface area contributed by atoms with Gasteiger partial charge in [-0.1, -0.05) is 61.9 Å². The smallest absolute Gasteiger partial charge is 0.407 e. The van der Waals surface area contributed by atoms with Crippen molar-refractivity contribution in [2.75, 3.05) is 19.7 Å². The summed E-state index contributed by atoms with van der Waals surface area (Å²) >= 11 is 0. The number of hydrogen-bond acceptors (Lipinski definition) is 4. The fraction of sp³-hybridized carbons (Fsp3) is 0.464. The fourth-order valence-corrected chi connectivity index (χ4v) is 5.46. The lowest BCUT2D eigenvalue weighted by atomic mass is 9.95. The number of carboxylic acids is 1. The van der Waals surface area contributed by atoms with Crippen molar-refractivity contribution in [1.29, 1.82) is 0 Å². The van der Waals surface area contributed by atoms with Crippen molar-refractivity contribution in [2.45, 2.75) is 57.4 Å². The molecular weight excluding hydrogens is 444 g/mol. The topological polar surface area (TPSA) is 95.9 Å². The third-order valence-corrected chi connectivity index (χ3v) is 7.14. The lowest BCUT2D eigenvalue weighted by molar-refractivity contribution is -0.144. The van der Waals surface area contributed by atoms with Gasteiger partial charge in [0.15, 0.2) is 0 Å². The summed E-state index contributed by atoms with van der Waals surface area (Å²) in [5, 5.41) is 12.0. The highest BCUT2D eigenvalue weighted by molar-refractivity contribution is 5.81. The maximum atomic E-state index is 13.3. The maximum absolute atomic E-state index is 13.3. The van der Waals surface area contributed by atoms with Gasteiger partial charge < -0.3 is 20.1 Å². The molecule has 7 heteroatoms. The first-order chi connectivity index (χ1) is 17.0. The summed E-state index contributed by atoms with van der Waals surface area (Å²) < 4.78 is 5.61. The number of ether oxygens (including phenoxy) is 1. The van der Waals surface area contributed by atoms with Crippen molar-refractivity contribution in [1.82, 2.24) is 10.2 Å². The number of carbonyl (C=O) groups is 3. The number of carboxylic acid groups (broad SMARTS) is 1. The first kappa shape index (κ1) is 24.8. The van der Waals surface area contributed by atoms with Crippen LogP contribution in [0.5, 0.6) is 0 Å². The van der Waals surface area contributed by atoms with Crippen molar-refractivity contribution < 1.29 is 24.2 Å². The van der Waals surface area contributed by atoms with Crippen LogP contribution < -0.4 is 5.32 Å². The molecule has 1 aliphatic carbocycles. The van der Waals surface area contributed by atoms with Crippen LogP contribution in [-0.4, -0.2) is 53.7 Å². The maximum Gasteiger partial charge on any atom is 0.407 e. The molecule has 0 saturated carbocycles. The summed E-state index contributed by atoms with van der Waals surface area (Å²) in [6.45, 7) is 2.97. The monoisotopic (exact) mass is 478 g/mol. The Morgan fingerprint density at radius 3 is 2.34 bits per heavy atom. The first-order valence-electron chi connectivity index (χ1n) is 12.6. The molecule has 35 heavy (non-hydrogen) atoms. The van der Waals surface area contributed by atoms with Crippen LogP contribution >= 0.6 is 0 Å². The van der Waals surface area contributed by atoms with Gasteiger partial charge in [-0.25, -0.2) is 4.79 Å². The van der Waals surface area contributed by atoms with Crippen LogP contribution in [0.3, 0.4) is 0 Å². The number of hydrogen-bond donors (Lipinski definition) is 2. The van der Waals surface area contributed by atoms with E-state index in [-0.39, 0.29) is 37.4 Å². The molecule has 2 N–H and O–H groups in total. The molecule has 2 atom stereocenters. The van der Waals surface area contributed by atoms with Crippen LogP contribution in [0.15, 0.2) is 48.5 Å². The van der Waals surface area contributed by atoms with Gasteiger partial charge in [-0.05, 0) is 47.9 Å². The predicted molar refractivity (Wildman–Crippen MR) is 133 cm³/mol. The van der Waals surface area contributed by atoms with Gasteiger partial charge in [0, 0.05) is 25.0 Å². The Hall–Kier alpha value is -3.35. The van der Waals surface area contributed by atoms with Crippen molar-refractivity contribution in [3.8, 4) is 11.1 Å². The van der Waals surface area contributed by atoms with E-state index in [9.17, 15) is 19.5 Å². The number of carbonyl (C=O) groups excluding carboxylic acids is 2. The second kappa shape index (κ2) is 11.4. The van der Waals surface area contributed by atoms with Crippen LogP contribution in [0.1, 0.15) is 62.5 Å². The molecule has 7 nitrogen and oxygen atoms in total. The highest BCUT2D eigenvalue weighted by atomic mass is 16.5. The van der Waals surface area contributed by atoms with Crippen molar-refractivity contribution in [3.05, 3.63) is 59.7 Å². The number of amides is 2. The minimum absolute atomic E-state index is 0.0219. The summed E-state index contributed by atoms with van der Waals surface area (Å²) in [5.74, 6) is -1.38. The summed E-state index contributed by atoms with van der Waals surface area (Å²) in [4.78, 5) is 38.9. The fourth-order valence-electron chi connectivity index (χ4n) is 5.46. The summed E-state index contributed by atoms with van der Waals surface area (Å²) in [7, 11) is 0. The van der Waals surface area contributed by atoms with E-state index in [0.717, 1.165) is 30.4 Å². The van der Waals surface area contributed by atoms with Crippen LogP contribution in [-0.2, 0) is 14.3 Å². The Morgan fingerprint density at radius 1 is 1.06 bits per heavy atom. The lowest BCUT2D eigenvalue weighted by Crippen LogP contribution is -2.49. The van der Waals surface area contributed by atoms with Gasteiger partial charge in [0.05, 0.1) is 12.3 Å². The van der Waals surface area contributed by atoms with Crippen LogP contribution in [0.4, 0.5) is 4.79 Å². The molecular formula is C28H34N2O5. The van der Waals surface area contributed by atoms with Gasteiger partial charge in [0.2, 0.25) is 5.91 Å². The summed E-state index contributed by atoms with van der Waals surface area (Å²) in [6, 6.07) is 16.1. The highest BCUT2D eigenvalue weighted by Gasteiger charge is 2.33. The number of nitrogens with zero attached hydrogens (tertiary/aromatic N) is 1. The van der Waals surface area contributed by atoms with Gasteiger partial charge in [-0.15, -0.1) is 0 Å². The number of alkyl carbamates (subject to hydrolysis) is 1. The number of fused-ring (bicyclic) bond motifs is 3. The zero-order valence-electron chi connectivity index (χ0n) is 20.2. The van der Waals surface area contributed by atoms with Crippen molar-refractivity contribution in [3.63, 3.8) is 0 Å². The van der Waals surface area contributed by atoms with Crippen LogP contribution in [0, 0.1) is 5.92 Å². The lowest BCUT2D eigenvalue weighted by Gasteiger charge is -2.37. The number of aliphatic carboxylic acids is 1. The molecule has 186 valence electrons. The minimum Gasteiger partial charge on any atom is -0.481 e. The van der Waals surface area contributed by atoms with Gasteiger partial charge in [0.1, 0.15) is 6.61 Å². The molecule has 1 unspecified atom stereocenters. The standard InChI is InChI=1S/C28H34N2O5/c1-2-9-19(27(33)30-15-8-7-10-20(30)16-26(31)32)17-29-28(34)35-18-25-23-13-5-3-11-21(23)22-12-4-6-14-24(22)25/h3-6,11-14,19-20,25H,2,7-10,15-18H2,1H3,(H,29,34)(H,31,32)/t19?,20-/m1/s1. The molecule has 0 spiro atoms. The van der Waals surface area contributed by atoms with Gasteiger partial charge in [-0.3, -0.25) is 9.59 Å². The zero-order valence-corrected chi connectivity index (χ0v) is 20.2. The average Bonchev–Trinajstić information content (AvgIpc) is 3.18. The Bertz CT molecular complexity index is 1020. The molecule has 0 aromatic heterocycles. The molecule has 2 amide bonds. The van der Waals surface area contributed by atoms with E-state index < -0.39 is 18.0 Å². The summed E-state index contributed by atoms with van der Waals surface area (Å²) in [5.41, 5.74) is 4.64. The molecule has 1 fully saturated rings. The molecule has 4 rings (SSSR count). The van der Waals surface area contributed by atoms with Gasteiger partial charge in [0.25, 0.3) is 0 Å². The number of benzene rings is 2. The molecule has 1 saturated heterocycles. The van der Waals surface area contributed by atoms with E-state index >= 15 is 0 Å². The highest BCUT2D eigenvalue weighted by Crippen LogP contribution is 2.44. The Labute approximate surface area is 206 Å². The average molecular weight is 479 g/mol. The Morgan fingerprint density at radius 2 is 1.71 bits per heavy atom. The summed E-state index contributed by atoms with van der Waals surface area (Å²) in [6.07, 6.45) is 3.35. The van der Waals surface area contributed by atoms with E-state index in [0.29, 0.717) is 19.4 Å². The van der Waals surface area contributed by atoms with Crippen molar-refractivity contribution >= 4 is 18.0 Å². The SMILES string of the molecule is CCCC(CNC(=O)OCC1c2ccccc2-c2ccccc21)C(=O)N1CCCC[C@@H]1CC(=O)O. The normalized spacial score (nSPS) is 17.9. The quantitative estimate of drug-likeness (QED) is 0.540. The van der Waals surface area contributed by atoms with Crippen LogP contribution in [0.25, 0.3) is 11.1 Å². The molecule has 2 aromatic carbocycles. The van der Waals surface area contributed by atoms with Gasteiger partial charge >= 0.3 is 12.1 Å². The zero-order chi connectivity index (χ0) is 24.8. The number of piperidine rings is 1. The van der Waals surface area contributed by atoms with E-state index in [1.54, 1.807) is 4.90 Å². The second-order valence-electron chi connectivity index (χ2n) is 9.47. The molecule has 1 aliphatic heterocycles. The molecule has 2 aromatic rings. The Balaban J connectivity index is 1.35. The Kier molecular flexibility index (Phi) is 8.06. The number of rotatable bonds is 9. The molecule has 1 heterocycles. The minimum atomic E-state index is -0.890. The number of likely N-dealkylation sites (tertiary alicyclic amines) is 1.